The maximum absolute atomic E-state index is 13.6. The molecule has 1 aliphatic rings. The van der Waals surface area contributed by atoms with Crippen LogP contribution in [0, 0.1) is 12.7 Å². The summed E-state index contributed by atoms with van der Waals surface area (Å²) in [6.07, 6.45) is 1.82. The molecular weight excluding hydrogens is 363 g/mol. The molecule has 0 spiro atoms. The van der Waals surface area contributed by atoms with Gasteiger partial charge in [0.15, 0.2) is 0 Å². The number of aromatic nitrogens is 3. The number of benzene rings is 1. The Morgan fingerprint density at radius 3 is 2.61 bits per heavy atom. The molecule has 3 N–H and O–H groups in total. The predicted octanol–water partition coefficient (Wildman–Crippen LogP) is 2.01. The van der Waals surface area contributed by atoms with Crippen molar-refractivity contribution in [2.75, 3.05) is 18.5 Å². The number of aryl methyl sites for hydroxylation is 1. The molecule has 0 amide bonds. The Balaban J connectivity index is 1.99. The standard InChI is InChI=1S/C20H21FN4O3/c1-11-8-12(21)2-5-15(11)18-16-6-7-17(28)25(14-3-4-14)19(16)24-20(23-18)22-13(9-26)10-27/h2,5-8,13-14,26-27H,3-4,9-10H2,1H3,(H,22,23,24). The van der Waals surface area contributed by atoms with Crippen LogP contribution in [0.5, 0.6) is 0 Å². The Morgan fingerprint density at radius 2 is 1.96 bits per heavy atom. The van der Waals surface area contributed by atoms with Crippen LogP contribution in [-0.2, 0) is 0 Å². The van der Waals surface area contributed by atoms with E-state index in [4.69, 9.17) is 0 Å². The topological polar surface area (TPSA) is 100 Å². The Bertz CT molecular complexity index is 1090. The molecule has 1 aliphatic carbocycles. The van der Waals surface area contributed by atoms with E-state index in [2.05, 4.69) is 15.3 Å². The molecule has 8 heteroatoms. The summed E-state index contributed by atoms with van der Waals surface area (Å²) in [5.74, 6) is -0.146. The van der Waals surface area contributed by atoms with E-state index in [1.807, 2.05) is 0 Å². The molecule has 1 fully saturated rings. The van der Waals surface area contributed by atoms with Crippen LogP contribution in [0.1, 0.15) is 24.4 Å². The number of hydrogen-bond donors (Lipinski definition) is 3. The zero-order chi connectivity index (χ0) is 19.8. The highest BCUT2D eigenvalue weighted by molar-refractivity contribution is 5.92. The summed E-state index contributed by atoms with van der Waals surface area (Å²) in [6, 6.07) is 7.11. The number of rotatable bonds is 6. The van der Waals surface area contributed by atoms with Gasteiger partial charge in [0.2, 0.25) is 5.95 Å². The van der Waals surface area contributed by atoms with Crippen molar-refractivity contribution in [1.82, 2.24) is 14.5 Å². The van der Waals surface area contributed by atoms with Crippen molar-refractivity contribution in [3.63, 3.8) is 0 Å². The number of halogens is 1. The maximum Gasteiger partial charge on any atom is 0.252 e. The minimum absolute atomic E-state index is 0.104. The molecule has 0 unspecified atom stereocenters. The van der Waals surface area contributed by atoms with Crippen LogP contribution < -0.4 is 10.9 Å². The number of aliphatic hydroxyl groups excluding tert-OH is 2. The zero-order valence-electron chi connectivity index (χ0n) is 15.4. The van der Waals surface area contributed by atoms with Gasteiger partial charge in [-0.1, -0.05) is 0 Å². The van der Waals surface area contributed by atoms with E-state index < -0.39 is 6.04 Å². The lowest BCUT2D eigenvalue weighted by molar-refractivity contribution is 0.203. The zero-order valence-corrected chi connectivity index (χ0v) is 15.4. The van der Waals surface area contributed by atoms with Crippen molar-refractivity contribution in [3.8, 4) is 11.3 Å². The second-order valence-electron chi connectivity index (χ2n) is 7.07. The first-order valence-corrected chi connectivity index (χ1v) is 9.20. The number of nitrogens with zero attached hydrogens (tertiary/aromatic N) is 3. The molecule has 7 nitrogen and oxygen atoms in total. The van der Waals surface area contributed by atoms with Crippen molar-refractivity contribution in [2.45, 2.75) is 31.8 Å². The number of hydrogen-bond acceptors (Lipinski definition) is 6. The first-order valence-electron chi connectivity index (χ1n) is 9.20. The lowest BCUT2D eigenvalue weighted by Crippen LogP contribution is -2.29. The lowest BCUT2D eigenvalue weighted by Gasteiger charge is -2.17. The minimum atomic E-state index is -0.635. The summed E-state index contributed by atoms with van der Waals surface area (Å²) in [7, 11) is 0. The first kappa shape index (κ1) is 18.5. The smallest absolute Gasteiger partial charge is 0.252 e. The average Bonchev–Trinajstić information content (AvgIpc) is 3.50. The summed E-state index contributed by atoms with van der Waals surface area (Å²) >= 11 is 0. The third-order valence-electron chi connectivity index (χ3n) is 4.91. The van der Waals surface area contributed by atoms with E-state index in [1.54, 1.807) is 23.6 Å². The van der Waals surface area contributed by atoms with Gasteiger partial charge in [0.05, 0.1) is 24.9 Å². The predicted molar refractivity (Wildman–Crippen MR) is 104 cm³/mol. The Kier molecular flexibility index (Phi) is 4.82. The monoisotopic (exact) mass is 384 g/mol. The van der Waals surface area contributed by atoms with Gasteiger partial charge in [-0.15, -0.1) is 0 Å². The second kappa shape index (κ2) is 7.29. The fourth-order valence-corrected chi connectivity index (χ4v) is 3.31. The van der Waals surface area contributed by atoms with E-state index in [0.717, 1.165) is 18.4 Å². The summed E-state index contributed by atoms with van der Waals surface area (Å²) < 4.78 is 15.3. The Hall–Kier alpha value is -2.84. The van der Waals surface area contributed by atoms with Crippen molar-refractivity contribution in [1.29, 1.82) is 0 Å². The summed E-state index contributed by atoms with van der Waals surface area (Å²) in [5, 5.41) is 22.4. The molecule has 0 aliphatic heterocycles. The molecule has 1 aromatic carbocycles. The lowest BCUT2D eigenvalue weighted by atomic mass is 10.0. The molecule has 28 heavy (non-hydrogen) atoms. The fourth-order valence-electron chi connectivity index (χ4n) is 3.31. The van der Waals surface area contributed by atoms with Crippen LogP contribution in [0.3, 0.4) is 0 Å². The van der Waals surface area contributed by atoms with Gasteiger partial charge in [0.25, 0.3) is 5.56 Å². The molecule has 1 saturated carbocycles. The highest BCUT2D eigenvalue weighted by atomic mass is 19.1. The molecule has 0 radical (unpaired) electrons. The van der Waals surface area contributed by atoms with E-state index >= 15 is 0 Å². The number of anilines is 1. The third kappa shape index (κ3) is 3.36. The van der Waals surface area contributed by atoms with Gasteiger partial charge in [0.1, 0.15) is 11.5 Å². The molecule has 3 aromatic rings. The number of pyridine rings is 1. The van der Waals surface area contributed by atoms with Crippen LogP contribution >= 0.6 is 0 Å². The Morgan fingerprint density at radius 1 is 1.21 bits per heavy atom. The van der Waals surface area contributed by atoms with E-state index in [1.165, 1.54) is 18.2 Å². The fraction of sp³-hybridized carbons (Fsp3) is 0.350. The summed E-state index contributed by atoms with van der Waals surface area (Å²) in [5.41, 5.74) is 2.34. The average molecular weight is 384 g/mol. The van der Waals surface area contributed by atoms with Crippen molar-refractivity contribution >= 4 is 17.0 Å². The molecule has 0 atom stereocenters. The van der Waals surface area contributed by atoms with Crippen LogP contribution in [0.15, 0.2) is 35.1 Å². The van der Waals surface area contributed by atoms with Gasteiger partial charge in [-0.25, -0.2) is 9.37 Å². The van der Waals surface area contributed by atoms with Crippen molar-refractivity contribution in [2.24, 2.45) is 0 Å². The Labute approximate surface area is 160 Å². The highest BCUT2D eigenvalue weighted by Crippen LogP contribution is 2.37. The van der Waals surface area contributed by atoms with E-state index in [9.17, 15) is 19.4 Å². The SMILES string of the molecule is Cc1cc(F)ccc1-c1nc(NC(CO)CO)nc2c1ccc(=O)n2C1CC1. The van der Waals surface area contributed by atoms with Crippen molar-refractivity contribution < 1.29 is 14.6 Å². The summed E-state index contributed by atoms with van der Waals surface area (Å²) in [6.45, 7) is 1.20. The van der Waals surface area contributed by atoms with Crippen LogP contribution in [0.4, 0.5) is 10.3 Å². The van der Waals surface area contributed by atoms with Gasteiger partial charge in [-0.05, 0) is 49.6 Å². The normalized spacial score (nSPS) is 14.0. The molecule has 2 heterocycles. The molecular formula is C20H21FN4O3. The highest BCUT2D eigenvalue weighted by Gasteiger charge is 2.28. The molecule has 4 rings (SSSR count). The van der Waals surface area contributed by atoms with Crippen LogP contribution in [0.25, 0.3) is 22.3 Å². The van der Waals surface area contributed by atoms with Crippen LogP contribution in [0.2, 0.25) is 0 Å². The van der Waals surface area contributed by atoms with Crippen LogP contribution in [-0.4, -0.2) is 44.0 Å². The van der Waals surface area contributed by atoms with Crippen molar-refractivity contribution in [3.05, 3.63) is 52.1 Å². The first-order chi connectivity index (χ1) is 13.5. The second-order valence-corrected chi connectivity index (χ2v) is 7.07. The van der Waals surface area contributed by atoms with E-state index in [0.29, 0.717) is 22.3 Å². The van der Waals surface area contributed by atoms with E-state index in [-0.39, 0.29) is 36.6 Å². The molecule has 0 saturated heterocycles. The molecule has 0 bridgehead atoms. The largest absolute Gasteiger partial charge is 0.394 e. The number of aliphatic hydroxyl groups is 2. The van der Waals surface area contributed by atoms with Gasteiger partial charge >= 0.3 is 0 Å². The summed E-state index contributed by atoms with van der Waals surface area (Å²) in [4.78, 5) is 21.5. The quantitative estimate of drug-likeness (QED) is 0.601. The molecule has 146 valence electrons. The minimum Gasteiger partial charge on any atom is -0.394 e. The third-order valence-corrected chi connectivity index (χ3v) is 4.91. The number of nitrogens with one attached hydrogen (secondary N) is 1. The van der Waals surface area contributed by atoms with Gasteiger partial charge in [-0.2, -0.15) is 4.98 Å². The van der Waals surface area contributed by atoms with Gasteiger partial charge < -0.3 is 15.5 Å². The molecule has 2 aromatic heterocycles. The number of fused-ring (bicyclic) bond motifs is 1. The van der Waals surface area contributed by atoms with Gasteiger partial charge in [-0.3, -0.25) is 9.36 Å². The maximum atomic E-state index is 13.6. The van der Waals surface area contributed by atoms with Gasteiger partial charge in [0, 0.05) is 23.1 Å².